The predicted octanol–water partition coefficient (Wildman–Crippen LogP) is 6.58. The summed E-state index contributed by atoms with van der Waals surface area (Å²) in [5.41, 5.74) is 4.82. The van der Waals surface area contributed by atoms with Gasteiger partial charge in [-0.25, -0.2) is 14.4 Å². The number of carbonyl (C=O) groups is 1. The number of anilines is 1. The van der Waals surface area contributed by atoms with Gasteiger partial charge in [0.25, 0.3) is 5.56 Å². The highest BCUT2D eigenvalue weighted by atomic mass is 35.5. The average Bonchev–Trinajstić information content (AvgIpc) is 3.20. The van der Waals surface area contributed by atoms with Crippen molar-refractivity contribution in [2.75, 3.05) is 57.4 Å². The number of ether oxygens (including phenoxy) is 1. The molecule has 3 heterocycles. The maximum Gasteiger partial charge on any atom is 0.277 e. The van der Waals surface area contributed by atoms with E-state index in [9.17, 15) is 14.0 Å². The van der Waals surface area contributed by atoms with Crippen molar-refractivity contribution >= 4 is 35.2 Å². The van der Waals surface area contributed by atoms with Crippen molar-refractivity contribution in [2.24, 2.45) is 0 Å². The highest BCUT2D eigenvalue weighted by molar-refractivity contribution is 7.98. The molecule has 54 heavy (non-hydrogen) atoms. The SMILES string of the molecule is CCN(CC)CCN(Cc1ccc(-c2ccc(Cl)cc2)cc1)C(=O)Cn1cc(Cc2cnc(N3CCOCC3)nc2)c(=O)nc1SCc1ccc(F)cc1. The third-order valence-electron chi connectivity index (χ3n) is 9.43. The van der Waals surface area contributed by atoms with Crippen LogP contribution in [0.15, 0.2) is 101 Å². The van der Waals surface area contributed by atoms with E-state index in [1.807, 2.05) is 29.2 Å². The third kappa shape index (κ3) is 10.7. The van der Waals surface area contributed by atoms with Crippen molar-refractivity contribution in [3.05, 3.63) is 135 Å². The van der Waals surface area contributed by atoms with Crippen molar-refractivity contribution in [1.29, 1.82) is 0 Å². The minimum absolute atomic E-state index is 0.0143. The Balaban J connectivity index is 1.25. The van der Waals surface area contributed by atoms with Crippen molar-refractivity contribution < 1.29 is 13.9 Å². The van der Waals surface area contributed by atoms with Crippen LogP contribution in [0.3, 0.4) is 0 Å². The lowest BCUT2D eigenvalue weighted by Crippen LogP contribution is -2.40. The number of likely N-dealkylation sites (N-methyl/N-ethyl adjacent to an activating group) is 1. The molecule has 1 aliphatic rings. The maximum atomic E-state index is 14.3. The van der Waals surface area contributed by atoms with E-state index >= 15 is 0 Å². The zero-order chi connectivity index (χ0) is 37.9. The van der Waals surface area contributed by atoms with E-state index in [-0.39, 0.29) is 30.2 Å². The number of carbonyl (C=O) groups excluding carboxylic acids is 1. The molecule has 0 unspecified atom stereocenters. The predicted molar refractivity (Wildman–Crippen MR) is 212 cm³/mol. The van der Waals surface area contributed by atoms with Gasteiger partial charge in [-0.2, -0.15) is 4.98 Å². The first-order chi connectivity index (χ1) is 26.3. The fourth-order valence-corrected chi connectivity index (χ4v) is 7.24. The number of halogens is 2. The number of benzene rings is 3. The van der Waals surface area contributed by atoms with E-state index in [4.69, 9.17) is 16.3 Å². The number of morpholine rings is 1. The second-order valence-electron chi connectivity index (χ2n) is 13.1. The van der Waals surface area contributed by atoms with Crippen molar-refractivity contribution in [2.45, 2.75) is 44.3 Å². The minimum atomic E-state index is -0.378. The highest BCUT2D eigenvalue weighted by Crippen LogP contribution is 2.24. The van der Waals surface area contributed by atoms with E-state index in [1.54, 1.807) is 35.3 Å². The molecule has 0 atom stereocenters. The molecule has 1 saturated heterocycles. The van der Waals surface area contributed by atoms with Crippen LogP contribution >= 0.6 is 23.4 Å². The summed E-state index contributed by atoms with van der Waals surface area (Å²) in [7, 11) is 0. The van der Waals surface area contributed by atoms with Crippen molar-refractivity contribution in [3.63, 3.8) is 0 Å². The van der Waals surface area contributed by atoms with Gasteiger partial charge in [0.1, 0.15) is 12.4 Å². The minimum Gasteiger partial charge on any atom is -0.378 e. The van der Waals surface area contributed by atoms with Crippen LogP contribution in [0.2, 0.25) is 5.02 Å². The second kappa shape index (κ2) is 19.1. The number of thioether (sulfide) groups is 1. The van der Waals surface area contributed by atoms with Gasteiger partial charge in [0.05, 0.1) is 13.2 Å². The van der Waals surface area contributed by atoms with Gasteiger partial charge in [0, 0.05) is 74.1 Å². The van der Waals surface area contributed by atoms with E-state index in [2.05, 4.69) is 62.9 Å². The topological polar surface area (TPSA) is 96.7 Å². The lowest BCUT2D eigenvalue weighted by atomic mass is 10.0. The molecule has 6 rings (SSSR count). The number of rotatable bonds is 16. The summed E-state index contributed by atoms with van der Waals surface area (Å²) in [4.78, 5) is 47.6. The summed E-state index contributed by atoms with van der Waals surface area (Å²) >= 11 is 7.44. The first kappa shape index (κ1) is 39.1. The zero-order valence-electron chi connectivity index (χ0n) is 30.7. The Morgan fingerprint density at radius 1 is 0.870 bits per heavy atom. The largest absolute Gasteiger partial charge is 0.378 e. The second-order valence-corrected chi connectivity index (χ2v) is 14.5. The molecular formula is C41H45ClFN7O3S. The van der Waals surface area contributed by atoms with Crippen LogP contribution in [0.4, 0.5) is 10.3 Å². The first-order valence-electron chi connectivity index (χ1n) is 18.2. The van der Waals surface area contributed by atoms with E-state index in [1.165, 1.54) is 23.9 Å². The van der Waals surface area contributed by atoms with E-state index < -0.39 is 0 Å². The van der Waals surface area contributed by atoms with Gasteiger partial charge in [-0.1, -0.05) is 85.7 Å². The summed E-state index contributed by atoms with van der Waals surface area (Å²) in [5.74, 6) is 0.658. The molecule has 13 heteroatoms. The van der Waals surface area contributed by atoms with Crippen molar-refractivity contribution in [3.8, 4) is 11.1 Å². The first-order valence-corrected chi connectivity index (χ1v) is 19.6. The van der Waals surface area contributed by atoms with Crippen LogP contribution in [0, 0.1) is 5.82 Å². The van der Waals surface area contributed by atoms with Gasteiger partial charge in [-0.05, 0) is 65.2 Å². The van der Waals surface area contributed by atoms with Crippen LogP contribution < -0.4 is 10.5 Å². The Hall–Kier alpha value is -4.62. The Labute approximate surface area is 325 Å². The average molecular weight is 770 g/mol. The van der Waals surface area contributed by atoms with Gasteiger partial charge in [0.2, 0.25) is 11.9 Å². The summed E-state index contributed by atoms with van der Waals surface area (Å²) in [6.45, 7) is 10.4. The number of hydrogen-bond donors (Lipinski definition) is 0. The van der Waals surface area contributed by atoms with Crippen LogP contribution in [0.5, 0.6) is 0 Å². The third-order valence-corrected chi connectivity index (χ3v) is 10.7. The van der Waals surface area contributed by atoms with E-state index in [0.29, 0.717) is 53.7 Å². The monoisotopic (exact) mass is 769 g/mol. The molecule has 1 amide bonds. The molecule has 10 nitrogen and oxygen atoms in total. The molecule has 3 aromatic carbocycles. The molecule has 0 radical (unpaired) electrons. The lowest BCUT2D eigenvalue weighted by molar-refractivity contribution is -0.132. The molecule has 1 fully saturated rings. The number of aromatic nitrogens is 4. The molecule has 0 aliphatic carbocycles. The Bertz CT molecular complexity index is 2020. The van der Waals surface area contributed by atoms with Crippen LogP contribution in [0.1, 0.15) is 36.1 Å². The Morgan fingerprint density at radius 3 is 2.15 bits per heavy atom. The van der Waals surface area contributed by atoms with Gasteiger partial charge >= 0.3 is 0 Å². The molecule has 0 N–H and O–H groups in total. The fraction of sp³-hybridized carbons (Fsp3) is 0.341. The van der Waals surface area contributed by atoms with Crippen LogP contribution in [-0.4, -0.2) is 87.7 Å². The summed E-state index contributed by atoms with van der Waals surface area (Å²) in [5, 5.41) is 1.10. The molecule has 2 aromatic heterocycles. The van der Waals surface area contributed by atoms with Gasteiger partial charge in [-0.15, -0.1) is 0 Å². The summed E-state index contributed by atoms with van der Waals surface area (Å²) in [6, 6.07) is 22.2. The number of nitrogens with zero attached hydrogens (tertiary/aromatic N) is 7. The molecular weight excluding hydrogens is 725 g/mol. The quantitative estimate of drug-likeness (QED) is 0.0815. The zero-order valence-corrected chi connectivity index (χ0v) is 32.2. The van der Waals surface area contributed by atoms with Crippen LogP contribution in [0.25, 0.3) is 11.1 Å². The molecule has 0 spiro atoms. The fourth-order valence-electron chi connectivity index (χ4n) is 6.19. The Kier molecular flexibility index (Phi) is 13.8. The van der Waals surface area contributed by atoms with Gasteiger partial charge in [0.15, 0.2) is 5.16 Å². The van der Waals surface area contributed by atoms with Crippen LogP contribution in [-0.2, 0) is 34.8 Å². The molecule has 1 aliphatic heterocycles. The summed E-state index contributed by atoms with van der Waals surface area (Å²) in [6.07, 6.45) is 5.46. The number of hydrogen-bond acceptors (Lipinski definition) is 9. The molecule has 282 valence electrons. The van der Waals surface area contributed by atoms with E-state index in [0.717, 1.165) is 60.5 Å². The maximum absolute atomic E-state index is 14.3. The normalized spacial score (nSPS) is 13.0. The molecule has 0 saturated carbocycles. The van der Waals surface area contributed by atoms with Crippen molar-refractivity contribution in [1.82, 2.24) is 29.3 Å². The highest BCUT2D eigenvalue weighted by Gasteiger charge is 2.20. The summed E-state index contributed by atoms with van der Waals surface area (Å²) < 4.78 is 20.8. The molecule has 5 aromatic rings. The van der Waals surface area contributed by atoms with Gasteiger partial charge < -0.3 is 24.0 Å². The molecule has 0 bridgehead atoms. The lowest BCUT2D eigenvalue weighted by Gasteiger charge is -2.27. The number of amides is 1. The standard InChI is InChI=1S/C41H45ClFN7O3S/c1-3-47(4-2)17-18-49(26-30-5-9-33(10-6-30)34-11-13-36(42)14-12-34)38(51)28-50-27-35(23-32-24-44-40(45-25-32)48-19-21-53-22-20-48)39(52)46-41(50)54-29-31-7-15-37(43)16-8-31/h5-16,24-25,27H,3-4,17-23,26,28-29H2,1-2H3. The smallest absolute Gasteiger partial charge is 0.277 e. The van der Waals surface area contributed by atoms with Gasteiger partial charge in [-0.3, -0.25) is 9.59 Å². The Morgan fingerprint density at radius 2 is 1.50 bits per heavy atom.